The van der Waals surface area contributed by atoms with E-state index in [1.165, 1.54) is 11.8 Å². The van der Waals surface area contributed by atoms with Gasteiger partial charge in [0.25, 0.3) is 5.56 Å². The predicted molar refractivity (Wildman–Crippen MR) is 111 cm³/mol. The van der Waals surface area contributed by atoms with Crippen LogP contribution in [-0.4, -0.2) is 27.3 Å². The van der Waals surface area contributed by atoms with Crippen LogP contribution in [0.5, 0.6) is 0 Å². The zero-order chi connectivity index (χ0) is 19.6. The second-order valence-corrected chi connectivity index (χ2v) is 10.1. The highest BCUT2D eigenvalue weighted by Gasteiger charge is 2.21. The lowest BCUT2D eigenvalue weighted by Gasteiger charge is -2.17. The highest BCUT2D eigenvalue weighted by molar-refractivity contribution is 8.00. The lowest BCUT2D eigenvalue weighted by Crippen LogP contribution is -2.34. The van der Waals surface area contributed by atoms with Crippen LogP contribution in [-0.2, 0) is 11.3 Å². The molecule has 0 aliphatic rings. The quantitative estimate of drug-likeness (QED) is 0.569. The summed E-state index contributed by atoms with van der Waals surface area (Å²) in [4.78, 5) is 32.1. The molecule has 0 aliphatic heterocycles. The summed E-state index contributed by atoms with van der Waals surface area (Å²) in [6, 6.07) is 0. The number of nitrogens with zero attached hydrogens (tertiary/aromatic N) is 2. The molecule has 0 saturated carbocycles. The van der Waals surface area contributed by atoms with Gasteiger partial charge in [0.2, 0.25) is 5.91 Å². The maximum Gasteiger partial charge on any atom is 0.263 e. The maximum absolute atomic E-state index is 13.1. The van der Waals surface area contributed by atoms with Crippen molar-refractivity contribution in [3.63, 3.8) is 0 Å². The Balaban J connectivity index is 2.41. The number of hydrogen-bond donors (Lipinski definition) is 1. The number of fused-ring (bicyclic) bond motifs is 1. The molecule has 2 aromatic heterocycles. The highest BCUT2D eigenvalue weighted by Crippen LogP contribution is 2.30. The van der Waals surface area contributed by atoms with Gasteiger partial charge < -0.3 is 5.32 Å². The van der Waals surface area contributed by atoms with E-state index < -0.39 is 0 Å². The zero-order valence-corrected chi connectivity index (χ0v) is 18.3. The van der Waals surface area contributed by atoms with Gasteiger partial charge in [-0.25, -0.2) is 4.98 Å². The van der Waals surface area contributed by atoms with Crippen LogP contribution >= 0.6 is 23.1 Å². The molecule has 7 heteroatoms. The van der Waals surface area contributed by atoms with Crippen molar-refractivity contribution in [3.8, 4) is 0 Å². The lowest BCUT2D eigenvalue weighted by molar-refractivity contribution is -0.120. The molecular formula is C19H29N3O2S2. The van der Waals surface area contributed by atoms with Crippen LogP contribution in [0.15, 0.2) is 9.95 Å². The molecule has 0 radical (unpaired) electrons. The first kappa shape index (κ1) is 21.0. The molecular weight excluding hydrogens is 366 g/mol. The minimum absolute atomic E-state index is 0.00263. The summed E-state index contributed by atoms with van der Waals surface area (Å²) < 4.78 is 1.74. The van der Waals surface area contributed by atoms with Crippen molar-refractivity contribution >= 4 is 39.2 Å². The summed E-state index contributed by atoms with van der Waals surface area (Å²) in [5, 5.41) is 3.99. The van der Waals surface area contributed by atoms with Crippen LogP contribution in [0.3, 0.4) is 0 Å². The van der Waals surface area contributed by atoms with E-state index in [1.807, 2.05) is 20.8 Å². The van der Waals surface area contributed by atoms with Gasteiger partial charge in [0.1, 0.15) is 4.83 Å². The fraction of sp³-hybridized carbons (Fsp3) is 0.632. The molecule has 1 N–H and O–H groups in total. The van der Waals surface area contributed by atoms with Crippen LogP contribution in [0, 0.1) is 25.7 Å². The third kappa shape index (κ3) is 4.68. The minimum Gasteiger partial charge on any atom is -0.355 e. The van der Waals surface area contributed by atoms with E-state index in [4.69, 9.17) is 4.98 Å². The third-order valence-corrected chi connectivity index (χ3v) is 6.33. The Labute approximate surface area is 163 Å². The SMILES string of the molecule is Cc1sc2nc(S[C@@H](C)C(=O)NCC(C)C)n(CC(C)C)c(=O)c2c1C. The van der Waals surface area contributed by atoms with E-state index in [2.05, 4.69) is 33.0 Å². The number of amides is 1. The smallest absolute Gasteiger partial charge is 0.263 e. The molecule has 144 valence electrons. The number of aromatic nitrogens is 2. The monoisotopic (exact) mass is 395 g/mol. The summed E-state index contributed by atoms with van der Waals surface area (Å²) in [6.45, 7) is 15.4. The largest absolute Gasteiger partial charge is 0.355 e. The summed E-state index contributed by atoms with van der Waals surface area (Å²) in [6.07, 6.45) is 0. The van der Waals surface area contributed by atoms with Crippen LogP contribution in [0.25, 0.3) is 10.2 Å². The van der Waals surface area contributed by atoms with E-state index in [0.717, 1.165) is 20.7 Å². The Hall–Kier alpha value is -1.34. The van der Waals surface area contributed by atoms with Gasteiger partial charge >= 0.3 is 0 Å². The molecule has 0 saturated heterocycles. The van der Waals surface area contributed by atoms with Gasteiger partial charge in [0.15, 0.2) is 5.16 Å². The first-order chi connectivity index (χ1) is 12.1. The van der Waals surface area contributed by atoms with E-state index >= 15 is 0 Å². The van der Waals surface area contributed by atoms with E-state index in [1.54, 1.807) is 15.9 Å². The number of nitrogens with one attached hydrogen (secondary N) is 1. The summed E-state index contributed by atoms with van der Waals surface area (Å²) in [7, 11) is 0. The summed E-state index contributed by atoms with van der Waals surface area (Å²) in [5.74, 6) is 0.700. The second-order valence-electron chi connectivity index (χ2n) is 7.57. The molecule has 2 aromatic rings. The molecule has 0 aliphatic carbocycles. The molecule has 0 bridgehead atoms. The van der Waals surface area contributed by atoms with Gasteiger partial charge in [-0.1, -0.05) is 39.5 Å². The Bertz CT molecular complexity index is 853. The average molecular weight is 396 g/mol. The fourth-order valence-corrected chi connectivity index (χ4v) is 4.60. The number of thioether (sulfide) groups is 1. The number of hydrogen-bond acceptors (Lipinski definition) is 5. The van der Waals surface area contributed by atoms with Crippen molar-refractivity contribution in [1.29, 1.82) is 0 Å². The molecule has 1 atom stereocenters. The molecule has 2 heterocycles. The Morgan fingerprint density at radius 2 is 1.85 bits per heavy atom. The van der Waals surface area contributed by atoms with E-state index in [9.17, 15) is 9.59 Å². The first-order valence-corrected chi connectivity index (χ1v) is 10.8. The van der Waals surface area contributed by atoms with Crippen molar-refractivity contribution in [1.82, 2.24) is 14.9 Å². The van der Waals surface area contributed by atoms with Crippen molar-refractivity contribution in [2.24, 2.45) is 11.8 Å². The van der Waals surface area contributed by atoms with Gasteiger partial charge in [0, 0.05) is 18.0 Å². The van der Waals surface area contributed by atoms with Crippen LogP contribution in [0.2, 0.25) is 0 Å². The van der Waals surface area contributed by atoms with Gasteiger partial charge in [0.05, 0.1) is 10.6 Å². The number of aryl methyl sites for hydroxylation is 2. The predicted octanol–water partition coefficient (Wildman–Crippen LogP) is 3.98. The van der Waals surface area contributed by atoms with Crippen molar-refractivity contribution < 1.29 is 4.79 Å². The standard InChI is InChI=1S/C19H29N3O2S2/c1-10(2)8-20-16(23)14(7)26-19-21-17-15(12(5)13(6)25-17)18(24)22(19)9-11(3)4/h10-11,14H,8-9H2,1-7H3,(H,20,23)/t14-/m0/s1. The molecule has 0 unspecified atom stereocenters. The fourth-order valence-electron chi connectivity index (χ4n) is 2.58. The molecule has 26 heavy (non-hydrogen) atoms. The van der Waals surface area contributed by atoms with Crippen LogP contribution < -0.4 is 10.9 Å². The molecule has 2 rings (SSSR count). The Morgan fingerprint density at radius 3 is 2.42 bits per heavy atom. The Kier molecular flexibility index (Phi) is 6.91. The van der Waals surface area contributed by atoms with Gasteiger partial charge in [-0.3, -0.25) is 14.2 Å². The summed E-state index contributed by atoms with van der Waals surface area (Å²) >= 11 is 2.91. The molecule has 0 fully saturated rings. The normalized spacial score (nSPS) is 13.0. The van der Waals surface area contributed by atoms with Crippen LogP contribution in [0.4, 0.5) is 0 Å². The Morgan fingerprint density at radius 1 is 1.19 bits per heavy atom. The number of thiophene rings is 1. The number of carbonyl (C=O) groups excluding carboxylic acids is 1. The van der Waals surface area contributed by atoms with Crippen LogP contribution in [0.1, 0.15) is 45.1 Å². The van der Waals surface area contributed by atoms with Crippen molar-refractivity contribution in [2.45, 2.75) is 65.4 Å². The van der Waals surface area contributed by atoms with Gasteiger partial charge in [-0.15, -0.1) is 11.3 Å². The number of rotatable bonds is 7. The van der Waals surface area contributed by atoms with Crippen molar-refractivity contribution in [3.05, 3.63) is 20.8 Å². The summed E-state index contributed by atoms with van der Waals surface area (Å²) in [5.41, 5.74) is 1.02. The number of carbonyl (C=O) groups is 1. The third-order valence-electron chi connectivity index (χ3n) is 4.14. The van der Waals surface area contributed by atoms with E-state index in [0.29, 0.717) is 30.1 Å². The van der Waals surface area contributed by atoms with E-state index in [-0.39, 0.29) is 16.7 Å². The van der Waals surface area contributed by atoms with Gasteiger partial charge in [-0.05, 0) is 38.2 Å². The zero-order valence-electron chi connectivity index (χ0n) is 16.7. The second kappa shape index (κ2) is 8.57. The maximum atomic E-state index is 13.1. The topological polar surface area (TPSA) is 64.0 Å². The first-order valence-electron chi connectivity index (χ1n) is 9.06. The lowest BCUT2D eigenvalue weighted by atomic mass is 10.2. The molecule has 5 nitrogen and oxygen atoms in total. The average Bonchev–Trinajstić information content (AvgIpc) is 2.82. The van der Waals surface area contributed by atoms with Gasteiger partial charge in [-0.2, -0.15) is 0 Å². The minimum atomic E-state index is -0.307. The molecule has 0 spiro atoms. The highest BCUT2D eigenvalue weighted by atomic mass is 32.2. The van der Waals surface area contributed by atoms with Crippen molar-refractivity contribution in [2.75, 3.05) is 6.54 Å². The molecule has 1 amide bonds. The molecule has 0 aromatic carbocycles.